The highest BCUT2D eigenvalue weighted by molar-refractivity contribution is 14.0. The number of nitrogens with zero attached hydrogens (tertiary/aromatic N) is 2. The monoisotopic (exact) mass is 521 g/mol. The summed E-state index contributed by atoms with van der Waals surface area (Å²) < 4.78 is 5.95. The zero-order valence-corrected chi connectivity index (χ0v) is 20.1. The standard InChI is InChI=1S/C23H31N5O.HI/c1-17-9-10-22(29-17)21(28-13-5-6-14-28)16-27-23(24-2)25-12-11-18-15-26-20-8-4-3-7-19(18)20;/h3-4,7-10,15,21,26H,5-6,11-14,16H2,1-2H3,(H2,24,25,27);1H. The van der Waals surface area contributed by atoms with Gasteiger partial charge in [-0.25, -0.2) is 0 Å². The molecular weight excluding hydrogens is 489 g/mol. The second-order valence-electron chi connectivity index (χ2n) is 7.70. The van der Waals surface area contributed by atoms with Crippen molar-refractivity contribution in [3.63, 3.8) is 0 Å². The van der Waals surface area contributed by atoms with Gasteiger partial charge in [-0.1, -0.05) is 18.2 Å². The Morgan fingerprint density at radius 3 is 2.70 bits per heavy atom. The number of aryl methyl sites for hydroxylation is 1. The molecule has 3 N–H and O–H groups in total. The summed E-state index contributed by atoms with van der Waals surface area (Å²) in [4.78, 5) is 10.3. The van der Waals surface area contributed by atoms with Gasteiger partial charge in [-0.05, 0) is 63.0 Å². The van der Waals surface area contributed by atoms with E-state index in [4.69, 9.17) is 4.42 Å². The molecule has 0 amide bonds. The maximum atomic E-state index is 5.95. The van der Waals surface area contributed by atoms with Crippen molar-refractivity contribution in [3.8, 4) is 0 Å². The Balaban J connectivity index is 0.00000256. The maximum Gasteiger partial charge on any atom is 0.191 e. The predicted molar refractivity (Wildman–Crippen MR) is 134 cm³/mol. The van der Waals surface area contributed by atoms with Crippen LogP contribution in [0.15, 0.2) is 52.0 Å². The molecule has 2 aromatic heterocycles. The number of para-hydroxylation sites is 1. The van der Waals surface area contributed by atoms with E-state index in [-0.39, 0.29) is 30.0 Å². The lowest BCUT2D eigenvalue weighted by molar-refractivity contribution is 0.213. The van der Waals surface area contributed by atoms with Gasteiger partial charge in [0.2, 0.25) is 0 Å². The molecule has 4 rings (SSSR count). The molecular formula is C23H32IN5O. The second kappa shape index (κ2) is 10.9. The first kappa shape index (κ1) is 22.7. The molecule has 0 saturated carbocycles. The molecule has 1 saturated heterocycles. The molecule has 30 heavy (non-hydrogen) atoms. The third-order valence-corrected chi connectivity index (χ3v) is 5.72. The van der Waals surface area contributed by atoms with Crippen LogP contribution in [0.3, 0.4) is 0 Å². The summed E-state index contributed by atoms with van der Waals surface area (Å²) in [5, 5.41) is 8.24. The summed E-state index contributed by atoms with van der Waals surface area (Å²) in [5.74, 6) is 2.83. The van der Waals surface area contributed by atoms with E-state index in [1.54, 1.807) is 0 Å². The fourth-order valence-corrected chi connectivity index (χ4v) is 4.16. The number of likely N-dealkylation sites (tertiary alicyclic amines) is 1. The number of aliphatic imine (C=N–C) groups is 1. The van der Waals surface area contributed by atoms with Crippen molar-refractivity contribution in [2.75, 3.05) is 33.2 Å². The second-order valence-corrected chi connectivity index (χ2v) is 7.70. The van der Waals surface area contributed by atoms with Crippen molar-refractivity contribution < 1.29 is 4.42 Å². The van der Waals surface area contributed by atoms with Gasteiger partial charge in [0, 0.05) is 37.2 Å². The molecule has 3 heterocycles. The van der Waals surface area contributed by atoms with Crippen LogP contribution in [0, 0.1) is 6.92 Å². The van der Waals surface area contributed by atoms with Crippen molar-refractivity contribution in [1.29, 1.82) is 0 Å². The molecule has 7 heteroatoms. The molecule has 1 atom stereocenters. The molecule has 0 radical (unpaired) electrons. The zero-order valence-electron chi connectivity index (χ0n) is 17.8. The third kappa shape index (κ3) is 5.37. The fraction of sp³-hybridized carbons (Fsp3) is 0.435. The van der Waals surface area contributed by atoms with Crippen LogP contribution in [0.5, 0.6) is 0 Å². The molecule has 162 valence electrons. The van der Waals surface area contributed by atoms with Gasteiger partial charge in [0.1, 0.15) is 11.5 Å². The summed E-state index contributed by atoms with van der Waals surface area (Å²) in [6.07, 6.45) is 5.56. The highest BCUT2D eigenvalue weighted by Crippen LogP contribution is 2.26. The van der Waals surface area contributed by atoms with Crippen LogP contribution in [0.2, 0.25) is 0 Å². The van der Waals surface area contributed by atoms with Crippen molar-refractivity contribution in [3.05, 3.63) is 59.7 Å². The number of aromatic nitrogens is 1. The lowest BCUT2D eigenvalue weighted by Crippen LogP contribution is -2.43. The van der Waals surface area contributed by atoms with Crippen LogP contribution < -0.4 is 10.6 Å². The summed E-state index contributed by atoms with van der Waals surface area (Å²) in [6, 6.07) is 12.8. The zero-order chi connectivity index (χ0) is 20.1. The van der Waals surface area contributed by atoms with Gasteiger partial charge in [-0.3, -0.25) is 9.89 Å². The molecule has 3 aromatic rings. The minimum atomic E-state index is 0. The van der Waals surface area contributed by atoms with E-state index in [2.05, 4.69) is 62.0 Å². The number of furan rings is 1. The summed E-state index contributed by atoms with van der Waals surface area (Å²) in [5.41, 5.74) is 2.51. The summed E-state index contributed by atoms with van der Waals surface area (Å²) in [7, 11) is 1.82. The van der Waals surface area contributed by atoms with Crippen LogP contribution >= 0.6 is 24.0 Å². The highest BCUT2D eigenvalue weighted by atomic mass is 127. The van der Waals surface area contributed by atoms with Crippen LogP contribution in [-0.4, -0.2) is 49.1 Å². The first-order valence-corrected chi connectivity index (χ1v) is 10.5. The fourth-order valence-electron chi connectivity index (χ4n) is 4.16. The van der Waals surface area contributed by atoms with Gasteiger partial charge in [-0.15, -0.1) is 24.0 Å². The number of halogens is 1. The smallest absolute Gasteiger partial charge is 0.191 e. The molecule has 1 fully saturated rings. The van der Waals surface area contributed by atoms with E-state index >= 15 is 0 Å². The first-order chi connectivity index (χ1) is 14.2. The Bertz CT molecular complexity index is 957. The third-order valence-electron chi connectivity index (χ3n) is 5.72. The Kier molecular flexibility index (Phi) is 8.21. The van der Waals surface area contributed by atoms with Gasteiger partial charge >= 0.3 is 0 Å². The predicted octanol–water partition coefficient (Wildman–Crippen LogP) is 4.23. The van der Waals surface area contributed by atoms with Crippen molar-refractivity contribution in [1.82, 2.24) is 20.5 Å². The Labute approximate surface area is 195 Å². The van der Waals surface area contributed by atoms with E-state index < -0.39 is 0 Å². The number of benzene rings is 1. The average Bonchev–Trinajstić information content (AvgIpc) is 3.49. The van der Waals surface area contributed by atoms with E-state index in [1.807, 2.05) is 20.0 Å². The Hall–Kier alpha value is -2.00. The molecule has 0 aliphatic carbocycles. The number of hydrogen-bond donors (Lipinski definition) is 3. The molecule has 0 bridgehead atoms. The Morgan fingerprint density at radius 2 is 1.97 bits per heavy atom. The molecule has 1 aliphatic heterocycles. The molecule has 0 spiro atoms. The Morgan fingerprint density at radius 1 is 1.17 bits per heavy atom. The van der Waals surface area contributed by atoms with Crippen molar-refractivity contribution >= 4 is 40.8 Å². The van der Waals surface area contributed by atoms with Gasteiger partial charge in [0.15, 0.2) is 5.96 Å². The van der Waals surface area contributed by atoms with Crippen LogP contribution in [-0.2, 0) is 6.42 Å². The molecule has 1 unspecified atom stereocenters. The highest BCUT2D eigenvalue weighted by Gasteiger charge is 2.26. The summed E-state index contributed by atoms with van der Waals surface area (Å²) in [6.45, 7) is 5.86. The van der Waals surface area contributed by atoms with Gasteiger partial charge < -0.3 is 20.0 Å². The van der Waals surface area contributed by atoms with Gasteiger partial charge in [0.25, 0.3) is 0 Å². The number of aromatic amines is 1. The molecule has 1 aromatic carbocycles. The lowest BCUT2D eigenvalue weighted by atomic mass is 10.1. The van der Waals surface area contributed by atoms with Crippen molar-refractivity contribution in [2.24, 2.45) is 4.99 Å². The number of rotatable bonds is 7. The SMILES string of the molecule is CN=C(NCCc1c[nH]c2ccccc12)NCC(c1ccc(C)o1)N1CCCC1.I. The normalized spacial score (nSPS) is 15.9. The lowest BCUT2D eigenvalue weighted by Gasteiger charge is -2.26. The minimum absolute atomic E-state index is 0. The number of guanidine groups is 1. The first-order valence-electron chi connectivity index (χ1n) is 10.5. The van der Waals surface area contributed by atoms with E-state index in [0.29, 0.717) is 0 Å². The van der Waals surface area contributed by atoms with E-state index in [9.17, 15) is 0 Å². The van der Waals surface area contributed by atoms with Gasteiger partial charge in [-0.2, -0.15) is 0 Å². The van der Waals surface area contributed by atoms with E-state index in [0.717, 1.165) is 50.1 Å². The van der Waals surface area contributed by atoms with Crippen LogP contribution in [0.1, 0.15) is 36.0 Å². The summed E-state index contributed by atoms with van der Waals surface area (Å²) >= 11 is 0. The van der Waals surface area contributed by atoms with Crippen LogP contribution in [0.25, 0.3) is 10.9 Å². The number of nitrogens with one attached hydrogen (secondary N) is 3. The van der Waals surface area contributed by atoms with E-state index in [1.165, 1.54) is 29.3 Å². The quantitative estimate of drug-likeness (QED) is 0.247. The van der Waals surface area contributed by atoms with Crippen LogP contribution in [0.4, 0.5) is 0 Å². The maximum absolute atomic E-state index is 5.95. The van der Waals surface area contributed by atoms with Crippen molar-refractivity contribution in [2.45, 2.75) is 32.2 Å². The molecule has 1 aliphatic rings. The van der Waals surface area contributed by atoms with Gasteiger partial charge in [0.05, 0.1) is 6.04 Å². The largest absolute Gasteiger partial charge is 0.465 e. The minimum Gasteiger partial charge on any atom is -0.465 e. The average molecular weight is 521 g/mol. The number of fused-ring (bicyclic) bond motifs is 1. The number of H-pyrrole nitrogens is 1. The topological polar surface area (TPSA) is 68.6 Å². The molecule has 6 nitrogen and oxygen atoms in total. The number of hydrogen-bond acceptors (Lipinski definition) is 3.